The molecule has 0 spiro atoms. The van der Waals surface area contributed by atoms with Crippen molar-refractivity contribution in [2.45, 2.75) is 23.3 Å². The monoisotopic (exact) mass is 232 g/mol. The fraction of sp³-hybridized carbons (Fsp3) is 0.556. The summed E-state index contributed by atoms with van der Waals surface area (Å²) in [5.74, 6) is 0.314. The second-order valence-electron chi connectivity index (χ2n) is 3.35. The van der Waals surface area contributed by atoms with E-state index in [-0.39, 0.29) is 0 Å². The van der Waals surface area contributed by atoms with Gasteiger partial charge in [-0.3, -0.25) is 0 Å². The maximum absolute atomic E-state index is 5.92. The van der Waals surface area contributed by atoms with Crippen LogP contribution in [0.5, 0.6) is 0 Å². The molecule has 2 heterocycles. The summed E-state index contributed by atoms with van der Waals surface area (Å²) in [6.07, 6.45) is 4.95. The van der Waals surface area contributed by atoms with Crippen LogP contribution in [-0.2, 0) is 4.74 Å². The third-order valence-corrected chi connectivity index (χ3v) is 2.87. The minimum Gasteiger partial charge on any atom is -0.347 e. The van der Waals surface area contributed by atoms with Gasteiger partial charge >= 0.3 is 0 Å². The van der Waals surface area contributed by atoms with E-state index in [0.29, 0.717) is 18.9 Å². The van der Waals surface area contributed by atoms with Gasteiger partial charge in [-0.25, -0.2) is 0 Å². The lowest BCUT2D eigenvalue weighted by molar-refractivity contribution is 0.0290. The summed E-state index contributed by atoms with van der Waals surface area (Å²) in [6.45, 7) is 0.583. The van der Waals surface area contributed by atoms with Gasteiger partial charge < -0.3 is 4.74 Å². The number of nitrogens with zero attached hydrogens (tertiary/aromatic N) is 2. The van der Waals surface area contributed by atoms with E-state index in [4.69, 9.17) is 27.9 Å². The van der Waals surface area contributed by atoms with Gasteiger partial charge in [-0.2, -0.15) is 10.2 Å². The van der Waals surface area contributed by atoms with E-state index < -0.39 is 4.52 Å². The van der Waals surface area contributed by atoms with Gasteiger partial charge in [0.15, 0.2) is 0 Å². The van der Waals surface area contributed by atoms with Crippen molar-refractivity contribution < 1.29 is 4.74 Å². The normalized spacial score (nSPS) is 26.0. The highest BCUT2D eigenvalue weighted by atomic mass is 35.5. The molecule has 0 aliphatic carbocycles. The molecule has 3 nitrogen and oxygen atoms in total. The minimum absolute atomic E-state index is 0.314. The first-order chi connectivity index (χ1) is 6.67. The lowest BCUT2D eigenvalue weighted by Gasteiger charge is -2.31. The molecule has 1 atom stereocenters. The third-order valence-electron chi connectivity index (χ3n) is 2.34. The van der Waals surface area contributed by atoms with Crippen LogP contribution in [0.2, 0.25) is 0 Å². The molecule has 1 aromatic rings. The molecule has 14 heavy (non-hydrogen) atoms. The molecule has 0 amide bonds. The summed E-state index contributed by atoms with van der Waals surface area (Å²) < 4.78 is 4.16. The molecule has 1 aliphatic heterocycles. The van der Waals surface area contributed by atoms with Crippen LogP contribution in [0.15, 0.2) is 18.5 Å². The second kappa shape index (κ2) is 4.01. The number of aromatic nitrogens is 2. The van der Waals surface area contributed by atoms with E-state index in [1.54, 1.807) is 12.4 Å². The molecule has 0 radical (unpaired) electrons. The Bertz CT molecular complexity index is 305. The fourth-order valence-electron chi connectivity index (χ4n) is 1.63. The van der Waals surface area contributed by atoms with E-state index in [1.165, 1.54) is 0 Å². The van der Waals surface area contributed by atoms with Crippen molar-refractivity contribution in [1.82, 2.24) is 10.2 Å². The largest absolute Gasteiger partial charge is 0.347 e. The van der Waals surface area contributed by atoms with E-state index in [9.17, 15) is 0 Å². The molecule has 1 unspecified atom stereocenters. The van der Waals surface area contributed by atoms with Crippen LogP contribution in [0.1, 0.15) is 24.3 Å². The smallest absolute Gasteiger partial charge is 0.217 e. The van der Waals surface area contributed by atoms with Crippen LogP contribution in [0.4, 0.5) is 0 Å². The molecule has 5 heteroatoms. The SMILES string of the molecule is ClC1(Cl)CC(c2ccnnc2)CCO1. The zero-order valence-corrected chi connectivity index (χ0v) is 9.00. The topological polar surface area (TPSA) is 35.0 Å². The molecular weight excluding hydrogens is 223 g/mol. The number of alkyl halides is 2. The summed E-state index contributed by atoms with van der Waals surface area (Å²) in [6, 6.07) is 1.94. The number of hydrogen-bond donors (Lipinski definition) is 0. The standard InChI is InChI=1S/C9H10Cl2N2O/c10-9(11)5-7(2-4-14-9)8-1-3-12-13-6-8/h1,3,6-7H,2,4-5H2. The van der Waals surface area contributed by atoms with Gasteiger partial charge in [-0.1, -0.05) is 23.2 Å². The van der Waals surface area contributed by atoms with Gasteiger partial charge in [-0.05, 0) is 24.0 Å². The first-order valence-corrected chi connectivity index (χ1v) is 5.21. The molecule has 1 aromatic heterocycles. The highest BCUT2D eigenvalue weighted by molar-refractivity contribution is 6.47. The molecule has 1 aliphatic rings. The Morgan fingerprint density at radius 1 is 1.43 bits per heavy atom. The zero-order chi connectivity index (χ0) is 10.0. The molecule has 0 aromatic carbocycles. The summed E-state index contributed by atoms with van der Waals surface area (Å²) in [5, 5.41) is 7.56. The average Bonchev–Trinajstić information content (AvgIpc) is 2.18. The Hall–Kier alpha value is -0.380. The van der Waals surface area contributed by atoms with Crippen molar-refractivity contribution in [2.24, 2.45) is 0 Å². The number of rotatable bonds is 1. The van der Waals surface area contributed by atoms with Crippen LogP contribution in [0.3, 0.4) is 0 Å². The highest BCUT2D eigenvalue weighted by Crippen LogP contribution is 2.40. The van der Waals surface area contributed by atoms with Gasteiger partial charge in [0, 0.05) is 12.6 Å². The molecule has 0 bridgehead atoms. The minimum atomic E-state index is -1.05. The summed E-state index contributed by atoms with van der Waals surface area (Å²) in [7, 11) is 0. The van der Waals surface area contributed by atoms with Crippen molar-refractivity contribution in [1.29, 1.82) is 0 Å². The maximum atomic E-state index is 5.92. The molecule has 2 rings (SSSR count). The Balaban J connectivity index is 2.12. The number of ether oxygens (including phenoxy) is 1. The van der Waals surface area contributed by atoms with Gasteiger partial charge in [0.1, 0.15) is 0 Å². The highest BCUT2D eigenvalue weighted by Gasteiger charge is 2.34. The average molecular weight is 233 g/mol. The van der Waals surface area contributed by atoms with Crippen LogP contribution in [0, 0.1) is 0 Å². The third kappa shape index (κ3) is 2.35. The Kier molecular flexibility index (Phi) is 2.91. The summed E-state index contributed by atoms with van der Waals surface area (Å²) >= 11 is 11.8. The van der Waals surface area contributed by atoms with Crippen molar-refractivity contribution in [3.05, 3.63) is 24.0 Å². The molecule has 76 valence electrons. The van der Waals surface area contributed by atoms with Gasteiger partial charge in [-0.15, -0.1) is 0 Å². The molecule has 0 saturated carbocycles. The predicted octanol–water partition coefficient (Wildman–Crippen LogP) is 2.50. The first-order valence-electron chi connectivity index (χ1n) is 4.46. The van der Waals surface area contributed by atoms with Crippen LogP contribution in [0.25, 0.3) is 0 Å². The summed E-state index contributed by atoms with van der Waals surface area (Å²) in [5.41, 5.74) is 1.12. The molecule has 1 saturated heterocycles. The first kappa shape index (κ1) is 10.1. The van der Waals surface area contributed by atoms with E-state index >= 15 is 0 Å². The fourth-order valence-corrected chi connectivity index (χ4v) is 2.15. The lowest BCUT2D eigenvalue weighted by Crippen LogP contribution is -2.28. The summed E-state index contributed by atoms with van der Waals surface area (Å²) in [4.78, 5) is 0. The van der Waals surface area contributed by atoms with Crippen LogP contribution >= 0.6 is 23.2 Å². The van der Waals surface area contributed by atoms with E-state index in [0.717, 1.165) is 12.0 Å². The molecular formula is C9H10Cl2N2O. The second-order valence-corrected chi connectivity index (χ2v) is 4.77. The predicted molar refractivity (Wildman–Crippen MR) is 54.4 cm³/mol. The van der Waals surface area contributed by atoms with Gasteiger partial charge in [0.2, 0.25) is 4.52 Å². The van der Waals surface area contributed by atoms with Gasteiger partial charge in [0.05, 0.1) is 12.8 Å². The Morgan fingerprint density at radius 3 is 2.93 bits per heavy atom. The van der Waals surface area contributed by atoms with Crippen molar-refractivity contribution >= 4 is 23.2 Å². The lowest BCUT2D eigenvalue weighted by atomic mass is 9.93. The quantitative estimate of drug-likeness (QED) is 0.699. The maximum Gasteiger partial charge on any atom is 0.217 e. The zero-order valence-electron chi connectivity index (χ0n) is 7.49. The molecule has 0 N–H and O–H groups in total. The Morgan fingerprint density at radius 2 is 2.29 bits per heavy atom. The van der Waals surface area contributed by atoms with Crippen LogP contribution < -0.4 is 0 Å². The van der Waals surface area contributed by atoms with E-state index in [2.05, 4.69) is 10.2 Å². The Labute approximate surface area is 92.4 Å². The van der Waals surface area contributed by atoms with Gasteiger partial charge in [0.25, 0.3) is 0 Å². The number of hydrogen-bond acceptors (Lipinski definition) is 3. The van der Waals surface area contributed by atoms with Crippen LogP contribution in [-0.4, -0.2) is 21.3 Å². The number of halogens is 2. The molecule has 1 fully saturated rings. The van der Waals surface area contributed by atoms with Crippen molar-refractivity contribution in [3.63, 3.8) is 0 Å². The van der Waals surface area contributed by atoms with Crippen molar-refractivity contribution in [3.8, 4) is 0 Å². The van der Waals surface area contributed by atoms with Crippen molar-refractivity contribution in [2.75, 3.05) is 6.61 Å². The van der Waals surface area contributed by atoms with E-state index in [1.807, 2.05) is 6.07 Å².